The summed E-state index contributed by atoms with van der Waals surface area (Å²) in [4.78, 5) is 4.47. The van der Waals surface area contributed by atoms with E-state index in [4.69, 9.17) is 12.2 Å². The first-order valence-electron chi connectivity index (χ1n) is 4.60. The van der Waals surface area contributed by atoms with E-state index in [0.29, 0.717) is 4.77 Å². The highest BCUT2D eigenvalue weighted by Crippen LogP contribution is 2.15. The van der Waals surface area contributed by atoms with Gasteiger partial charge in [-0.2, -0.15) is 5.10 Å². The smallest absolute Gasteiger partial charge is 0.200 e. The van der Waals surface area contributed by atoms with E-state index in [9.17, 15) is 0 Å². The summed E-state index contributed by atoms with van der Waals surface area (Å²) in [5.41, 5.74) is 3.58. The average Bonchev–Trinajstić information content (AvgIpc) is 2.62. The summed E-state index contributed by atoms with van der Waals surface area (Å²) in [6.45, 7) is 1.93. The van der Waals surface area contributed by atoms with Crippen LogP contribution in [0, 0.1) is 11.7 Å². The summed E-state index contributed by atoms with van der Waals surface area (Å²) in [7, 11) is 0. The van der Waals surface area contributed by atoms with E-state index in [0.717, 1.165) is 22.4 Å². The number of rotatable bonds is 0. The molecule has 0 atom stereocenters. The van der Waals surface area contributed by atoms with Gasteiger partial charge in [-0.15, -0.1) is 0 Å². The molecule has 4 nitrogen and oxygen atoms in total. The van der Waals surface area contributed by atoms with E-state index in [-0.39, 0.29) is 0 Å². The second-order valence-electron chi connectivity index (χ2n) is 3.37. The first-order chi connectivity index (χ1) is 7.27. The van der Waals surface area contributed by atoms with Gasteiger partial charge < -0.3 is 0 Å². The van der Waals surface area contributed by atoms with Crippen molar-refractivity contribution in [2.24, 2.45) is 0 Å². The van der Waals surface area contributed by atoms with Crippen LogP contribution in [0.25, 0.3) is 16.7 Å². The first kappa shape index (κ1) is 8.55. The van der Waals surface area contributed by atoms with Crippen molar-refractivity contribution in [3.05, 3.63) is 34.7 Å². The third-order valence-corrected chi connectivity index (χ3v) is 2.68. The van der Waals surface area contributed by atoms with Crippen LogP contribution < -0.4 is 0 Å². The number of benzene rings is 1. The summed E-state index contributed by atoms with van der Waals surface area (Å²) in [5, 5.41) is 6.94. The molecule has 0 amide bonds. The molecule has 0 saturated heterocycles. The lowest BCUT2D eigenvalue weighted by molar-refractivity contribution is 1.08. The number of nitrogens with zero attached hydrogens (tertiary/aromatic N) is 3. The van der Waals surface area contributed by atoms with Gasteiger partial charge in [-0.25, -0.2) is 4.98 Å². The molecular weight excluding hydrogens is 208 g/mol. The summed E-state index contributed by atoms with van der Waals surface area (Å²) >= 11 is 5.19. The second kappa shape index (κ2) is 2.87. The fourth-order valence-electron chi connectivity index (χ4n) is 1.74. The Bertz CT molecular complexity index is 710. The molecule has 1 N–H and O–H groups in total. The van der Waals surface area contributed by atoms with Gasteiger partial charge in [0.25, 0.3) is 0 Å². The SMILES string of the molecule is Cc1nc2ccccc2n2c(=S)[nH]nc12. The van der Waals surface area contributed by atoms with Crippen LogP contribution in [0.1, 0.15) is 5.69 Å². The van der Waals surface area contributed by atoms with Crippen LogP contribution in [0.3, 0.4) is 0 Å². The average molecular weight is 216 g/mol. The van der Waals surface area contributed by atoms with Gasteiger partial charge in [0.2, 0.25) is 0 Å². The number of aromatic amines is 1. The normalized spacial score (nSPS) is 11.3. The van der Waals surface area contributed by atoms with Crippen LogP contribution in [0.15, 0.2) is 24.3 Å². The highest BCUT2D eigenvalue weighted by atomic mass is 32.1. The third kappa shape index (κ3) is 1.10. The van der Waals surface area contributed by atoms with E-state index in [1.807, 2.05) is 35.6 Å². The monoisotopic (exact) mass is 216 g/mol. The predicted octanol–water partition coefficient (Wildman–Crippen LogP) is 2.25. The van der Waals surface area contributed by atoms with E-state index in [1.54, 1.807) is 0 Å². The summed E-state index contributed by atoms with van der Waals surface area (Å²) in [6, 6.07) is 7.88. The Morgan fingerprint density at radius 3 is 3.00 bits per heavy atom. The van der Waals surface area contributed by atoms with Crippen molar-refractivity contribution < 1.29 is 0 Å². The topological polar surface area (TPSA) is 46.0 Å². The third-order valence-electron chi connectivity index (χ3n) is 2.41. The van der Waals surface area contributed by atoms with Crippen molar-refractivity contribution in [1.29, 1.82) is 0 Å². The van der Waals surface area contributed by atoms with Crippen LogP contribution in [0.5, 0.6) is 0 Å². The quantitative estimate of drug-likeness (QED) is 0.586. The van der Waals surface area contributed by atoms with Gasteiger partial charge >= 0.3 is 0 Å². The molecule has 3 aromatic rings. The zero-order chi connectivity index (χ0) is 10.4. The molecule has 0 aliphatic rings. The van der Waals surface area contributed by atoms with Crippen molar-refractivity contribution >= 4 is 28.9 Å². The minimum atomic E-state index is 0.603. The van der Waals surface area contributed by atoms with E-state index >= 15 is 0 Å². The maximum atomic E-state index is 5.19. The number of aromatic nitrogens is 4. The fourth-order valence-corrected chi connectivity index (χ4v) is 1.97. The van der Waals surface area contributed by atoms with Crippen LogP contribution in [-0.2, 0) is 0 Å². The van der Waals surface area contributed by atoms with Crippen molar-refractivity contribution in [2.75, 3.05) is 0 Å². The Hall–Kier alpha value is -1.75. The molecule has 0 fully saturated rings. The Morgan fingerprint density at radius 1 is 1.33 bits per heavy atom. The molecule has 74 valence electrons. The van der Waals surface area contributed by atoms with Gasteiger partial charge in [0.05, 0.1) is 16.7 Å². The standard InChI is InChI=1S/C10H8N4S/c1-6-9-12-13-10(15)14(9)8-5-3-2-4-7(8)11-6/h2-5H,1H3,(H,13,15). The minimum absolute atomic E-state index is 0.603. The van der Waals surface area contributed by atoms with Gasteiger partial charge in [-0.05, 0) is 31.3 Å². The van der Waals surface area contributed by atoms with Gasteiger partial charge in [-0.1, -0.05) is 12.1 Å². The maximum absolute atomic E-state index is 5.19. The molecule has 0 aliphatic carbocycles. The van der Waals surface area contributed by atoms with Crippen molar-refractivity contribution in [1.82, 2.24) is 19.6 Å². The van der Waals surface area contributed by atoms with Crippen LogP contribution >= 0.6 is 12.2 Å². The number of nitrogens with one attached hydrogen (secondary N) is 1. The molecule has 0 unspecified atom stereocenters. The lowest BCUT2D eigenvalue weighted by Crippen LogP contribution is -1.94. The summed E-state index contributed by atoms with van der Waals surface area (Å²) in [5.74, 6) is 0. The molecule has 3 rings (SSSR count). The maximum Gasteiger partial charge on any atom is 0.200 e. The molecule has 2 heterocycles. The number of para-hydroxylation sites is 2. The zero-order valence-electron chi connectivity index (χ0n) is 8.06. The highest BCUT2D eigenvalue weighted by molar-refractivity contribution is 7.71. The molecular formula is C10H8N4S. The van der Waals surface area contributed by atoms with Crippen LogP contribution in [0.2, 0.25) is 0 Å². The molecule has 0 radical (unpaired) electrons. The Morgan fingerprint density at radius 2 is 2.13 bits per heavy atom. The Kier molecular flexibility index (Phi) is 1.63. The zero-order valence-corrected chi connectivity index (χ0v) is 8.88. The van der Waals surface area contributed by atoms with Crippen molar-refractivity contribution in [2.45, 2.75) is 6.92 Å². The number of fused-ring (bicyclic) bond motifs is 3. The first-order valence-corrected chi connectivity index (χ1v) is 5.00. The van der Waals surface area contributed by atoms with Gasteiger partial charge in [0, 0.05) is 0 Å². The van der Waals surface area contributed by atoms with E-state index < -0.39 is 0 Å². The molecule has 2 aromatic heterocycles. The van der Waals surface area contributed by atoms with Gasteiger partial charge in [0.15, 0.2) is 10.4 Å². The Balaban J connectivity index is 2.74. The highest BCUT2D eigenvalue weighted by Gasteiger charge is 2.06. The molecule has 0 saturated carbocycles. The lowest BCUT2D eigenvalue weighted by atomic mass is 10.3. The van der Waals surface area contributed by atoms with Crippen LogP contribution in [0.4, 0.5) is 0 Å². The second-order valence-corrected chi connectivity index (χ2v) is 3.76. The molecule has 15 heavy (non-hydrogen) atoms. The van der Waals surface area contributed by atoms with E-state index in [2.05, 4.69) is 15.2 Å². The fraction of sp³-hybridized carbons (Fsp3) is 0.100. The Labute approximate surface area is 90.6 Å². The molecule has 1 aromatic carbocycles. The summed E-state index contributed by atoms with van der Waals surface area (Å²) in [6.07, 6.45) is 0. The predicted molar refractivity (Wildman–Crippen MR) is 60.4 cm³/mol. The molecule has 0 spiro atoms. The van der Waals surface area contributed by atoms with E-state index in [1.165, 1.54) is 0 Å². The number of aryl methyl sites for hydroxylation is 1. The number of hydrogen-bond acceptors (Lipinski definition) is 3. The van der Waals surface area contributed by atoms with Gasteiger partial charge in [-0.3, -0.25) is 9.50 Å². The molecule has 0 aliphatic heterocycles. The largest absolute Gasteiger partial charge is 0.265 e. The molecule has 0 bridgehead atoms. The number of hydrogen-bond donors (Lipinski definition) is 1. The van der Waals surface area contributed by atoms with Crippen molar-refractivity contribution in [3.8, 4) is 0 Å². The van der Waals surface area contributed by atoms with Gasteiger partial charge in [0.1, 0.15) is 0 Å². The lowest BCUT2D eigenvalue weighted by Gasteiger charge is -2.02. The van der Waals surface area contributed by atoms with Crippen molar-refractivity contribution in [3.63, 3.8) is 0 Å². The minimum Gasteiger partial charge on any atom is -0.265 e. The van der Waals surface area contributed by atoms with Crippen LogP contribution in [-0.4, -0.2) is 19.6 Å². The molecule has 5 heteroatoms. The summed E-state index contributed by atoms with van der Waals surface area (Å²) < 4.78 is 2.51. The number of H-pyrrole nitrogens is 1.